The predicted molar refractivity (Wildman–Crippen MR) is 82.0 cm³/mol. The van der Waals surface area contributed by atoms with E-state index in [0.29, 0.717) is 15.9 Å². The number of aliphatic hydroxyl groups excluding tert-OH is 1. The van der Waals surface area contributed by atoms with Crippen LogP contribution < -0.4 is 5.73 Å². The Kier molecular flexibility index (Phi) is 3.82. The molecule has 3 N–H and O–H groups in total. The third-order valence-electron chi connectivity index (χ3n) is 4.27. The average Bonchev–Trinajstić information content (AvgIpc) is 2.92. The van der Waals surface area contributed by atoms with Crippen molar-refractivity contribution < 1.29 is 5.11 Å². The van der Waals surface area contributed by atoms with Crippen LogP contribution in [0.3, 0.4) is 0 Å². The number of nitrogens with zero attached hydrogens (tertiary/aromatic N) is 1. The molecule has 0 radical (unpaired) electrons. The summed E-state index contributed by atoms with van der Waals surface area (Å²) in [6.07, 6.45) is 3.55. The van der Waals surface area contributed by atoms with E-state index >= 15 is 0 Å². The number of aryl methyl sites for hydroxylation is 1. The molecule has 3 nitrogen and oxygen atoms in total. The third kappa shape index (κ3) is 2.37. The molecule has 1 aromatic heterocycles. The second-order valence-corrected chi connectivity index (χ2v) is 7.11. The molecule has 0 fully saturated rings. The SMILES string of the molecule is NCC1(C(O)c2ncc(Cl)s2)CCc2ccccc2C1. The van der Waals surface area contributed by atoms with Gasteiger partial charge in [-0.1, -0.05) is 35.9 Å². The molecule has 1 aliphatic carbocycles. The summed E-state index contributed by atoms with van der Waals surface area (Å²) in [7, 11) is 0. The second-order valence-electron chi connectivity index (χ2n) is 5.42. The van der Waals surface area contributed by atoms with Crippen molar-refractivity contribution in [2.24, 2.45) is 11.1 Å². The van der Waals surface area contributed by atoms with E-state index in [9.17, 15) is 5.11 Å². The molecule has 0 amide bonds. The van der Waals surface area contributed by atoms with Crippen molar-refractivity contribution >= 4 is 22.9 Å². The maximum atomic E-state index is 10.7. The minimum atomic E-state index is -0.654. The molecule has 20 heavy (non-hydrogen) atoms. The minimum Gasteiger partial charge on any atom is -0.385 e. The van der Waals surface area contributed by atoms with E-state index < -0.39 is 6.10 Å². The zero-order valence-electron chi connectivity index (χ0n) is 11.1. The number of fused-ring (bicyclic) bond motifs is 1. The van der Waals surface area contributed by atoms with Gasteiger partial charge in [-0.3, -0.25) is 0 Å². The van der Waals surface area contributed by atoms with Gasteiger partial charge in [0.05, 0.1) is 6.20 Å². The van der Waals surface area contributed by atoms with E-state index in [2.05, 4.69) is 23.2 Å². The van der Waals surface area contributed by atoms with Crippen LogP contribution in [-0.4, -0.2) is 16.6 Å². The number of rotatable bonds is 3. The Balaban J connectivity index is 1.93. The standard InChI is InChI=1S/C15H17ClN2OS/c16-12-8-18-14(20-12)13(19)15(9-17)6-5-10-3-1-2-4-11(10)7-15/h1-4,8,13,19H,5-7,9,17H2. The first-order valence-electron chi connectivity index (χ1n) is 6.71. The molecule has 1 heterocycles. The lowest BCUT2D eigenvalue weighted by Crippen LogP contribution is -2.41. The molecule has 1 aliphatic rings. The van der Waals surface area contributed by atoms with Crippen LogP contribution in [0.2, 0.25) is 4.34 Å². The molecule has 0 spiro atoms. The van der Waals surface area contributed by atoms with Crippen LogP contribution >= 0.6 is 22.9 Å². The maximum absolute atomic E-state index is 10.7. The maximum Gasteiger partial charge on any atom is 0.123 e. The molecule has 0 bridgehead atoms. The summed E-state index contributed by atoms with van der Waals surface area (Å²) in [6, 6.07) is 8.38. The summed E-state index contributed by atoms with van der Waals surface area (Å²) in [5.74, 6) is 0. The van der Waals surface area contributed by atoms with Crippen LogP contribution in [0.4, 0.5) is 0 Å². The fourth-order valence-corrected chi connectivity index (χ4v) is 4.06. The van der Waals surface area contributed by atoms with E-state index in [0.717, 1.165) is 19.3 Å². The van der Waals surface area contributed by atoms with E-state index in [4.69, 9.17) is 17.3 Å². The van der Waals surface area contributed by atoms with Crippen molar-refractivity contribution in [3.05, 3.63) is 50.9 Å². The Bertz CT molecular complexity index is 615. The zero-order valence-corrected chi connectivity index (χ0v) is 12.6. The number of hydrogen-bond donors (Lipinski definition) is 2. The number of nitrogens with two attached hydrogens (primary N) is 1. The van der Waals surface area contributed by atoms with Gasteiger partial charge in [0.25, 0.3) is 0 Å². The Morgan fingerprint density at radius 2 is 2.15 bits per heavy atom. The van der Waals surface area contributed by atoms with Crippen LogP contribution in [0.1, 0.15) is 28.7 Å². The smallest absolute Gasteiger partial charge is 0.123 e. The van der Waals surface area contributed by atoms with Gasteiger partial charge >= 0.3 is 0 Å². The highest BCUT2D eigenvalue weighted by atomic mass is 35.5. The molecule has 5 heteroatoms. The molecular weight excluding hydrogens is 292 g/mol. The van der Waals surface area contributed by atoms with Crippen LogP contribution in [0, 0.1) is 5.41 Å². The first-order valence-corrected chi connectivity index (χ1v) is 7.90. The van der Waals surface area contributed by atoms with Gasteiger partial charge in [0, 0.05) is 12.0 Å². The Morgan fingerprint density at radius 1 is 1.40 bits per heavy atom. The quantitative estimate of drug-likeness (QED) is 0.916. The summed E-state index contributed by atoms with van der Waals surface area (Å²) >= 11 is 7.26. The molecule has 2 aromatic rings. The van der Waals surface area contributed by atoms with Gasteiger partial charge in [-0.05, 0) is 30.4 Å². The zero-order chi connectivity index (χ0) is 14.2. The number of aromatic nitrogens is 1. The van der Waals surface area contributed by atoms with Gasteiger partial charge in [0.2, 0.25) is 0 Å². The van der Waals surface area contributed by atoms with E-state index in [-0.39, 0.29) is 5.41 Å². The second kappa shape index (κ2) is 5.45. The van der Waals surface area contributed by atoms with Crippen LogP contribution in [-0.2, 0) is 12.8 Å². The third-order valence-corrected chi connectivity index (χ3v) is 5.44. The van der Waals surface area contributed by atoms with Gasteiger partial charge in [-0.2, -0.15) is 0 Å². The summed E-state index contributed by atoms with van der Waals surface area (Å²) in [4.78, 5) is 4.22. The average molecular weight is 309 g/mol. The van der Waals surface area contributed by atoms with Crippen molar-refractivity contribution in [1.82, 2.24) is 4.98 Å². The van der Waals surface area contributed by atoms with Gasteiger partial charge in [0.15, 0.2) is 0 Å². The van der Waals surface area contributed by atoms with E-state index in [1.807, 2.05) is 6.07 Å². The number of hydrogen-bond acceptors (Lipinski definition) is 4. The number of thiazole rings is 1. The fourth-order valence-electron chi connectivity index (χ4n) is 3.00. The lowest BCUT2D eigenvalue weighted by Gasteiger charge is -2.40. The lowest BCUT2D eigenvalue weighted by atomic mass is 9.68. The molecule has 2 atom stereocenters. The summed E-state index contributed by atoms with van der Waals surface area (Å²) in [6.45, 7) is 0.444. The van der Waals surface area contributed by atoms with E-state index in [1.54, 1.807) is 6.20 Å². The van der Waals surface area contributed by atoms with Gasteiger partial charge in [-0.25, -0.2) is 4.98 Å². The first kappa shape index (κ1) is 14.0. The van der Waals surface area contributed by atoms with Crippen molar-refractivity contribution in [1.29, 1.82) is 0 Å². The minimum absolute atomic E-state index is 0.338. The molecule has 2 unspecified atom stereocenters. The van der Waals surface area contributed by atoms with Gasteiger partial charge in [0.1, 0.15) is 15.4 Å². The topological polar surface area (TPSA) is 59.1 Å². The Labute approximate surface area is 127 Å². The molecular formula is C15H17ClN2OS. The highest BCUT2D eigenvalue weighted by Gasteiger charge is 2.41. The van der Waals surface area contributed by atoms with Crippen LogP contribution in [0.5, 0.6) is 0 Å². The number of benzene rings is 1. The predicted octanol–water partition coefficient (Wildman–Crippen LogP) is 2.96. The molecule has 0 aliphatic heterocycles. The van der Waals surface area contributed by atoms with Crippen molar-refractivity contribution in [2.75, 3.05) is 6.54 Å². The Hall–Kier alpha value is -0.940. The van der Waals surface area contributed by atoms with Crippen molar-refractivity contribution in [3.8, 4) is 0 Å². The monoisotopic (exact) mass is 308 g/mol. The normalized spacial score (nSPS) is 23.4. The Morgan fingerprint density at radius 3 is 2.80 bits per heavy atom. The van der Waals surface area contributed by atoms with Gasteiger partial charge < -0.3 is 10.8 Å². The highest BCUT2D eigenvalue weighted by Crippen LogP contribution is 2.45. The van der Waals surface area contributed by atoms with Crippen LogP contribution in [0.25, 0.3) is 0 Å². The van der Waals surface area contributed by atoms with Crippen molar-refractivity contribution in [2.45, 2.75) is 25.4 Å². The van der Waals surface area contributed by atoms with Gasteiger partial charge in [-0.15, -0.1) is 11.3 Å². The molecule has 0 saturated heterocycles. The number of aliphatic hydroxyl groups is 1. The number of halogens is 1. The first-order chi connectivity index (χ1) is 9.64. The molecule has 1 aromatic carbocycles. The summed E-state index contributed by atoms with van der Waals surface area (Å²) in [5.41, 5.74) is 8.33. The van der Waals surface area contributed by atoms with Crippen LogP contribution in [0.15, 0.2) is 30.5 Å². The molecule has 106 valence electrons. The van der Waals surface area contributed by atoms with Crippen molar-refractivity contribution in [3.63, 3.8) is 0 Å². The lowest BCUT2D eigenvalue weighted by molar-refractivity contribution is 0.0176. The largest absolute Gasteiger partial charge is 0.385 e. The summed E-state index contributed by atoms with van der Waals surface area (Å²) in [5, 5.41) is 11.4. The fraction of sp³-hybridized carbons (Fsp3) is 0.400. The van der Waals surface area contributed by atoms with E-state index in [1.165, 1.54) is 22.5 Å². The summed E-state index contributed by atoms with van der Waals surface area (Å²) < 4.78 is 0.599. The molecule has 3 rings (SSSR count). The molecule has 0 saturated carbocycles. The highest BCUT2D eigenvalue weighted by molar-refractivity contribution is 7.15.